The molecule has 0 aliphatic heterocycles. The highest BCUT2D eigenvalue weighted by Crippen LogP contribution is 2.22. The van der Waals surface area contributed by atoms with Gasteiger partial charge < -0.3 is 14.5 Å². The molecule has 1 heterocycles. The van der Waals surface area contributed by atoms with Crippen LogP contribution in [0.1, 0.15) is 11.3 Å². The number of nitrogens with one attached hydrogen (secondary N) is 1. The predicted octanol–water partition coefficient (Wildman–Crippen LogP) is 3.67. The van der Waals surface area contributed by atoms with E-state index in [-0.39, 0.29) is 12.5 Å². The number of anilines is 1. The summed E-state index contributed by atoms with van der Waals surface area (Å²) in [6.07, 6.45) is 2.71. The highest BCUT2D eigenvalue weighted by atomic mass is 32.2. The Morgan fingerprint density at radius 1 is 1.06 bits per heavy atom. The molecule has 170 valence electrons. The van der Waals surface area contributed by atoms with Gasteiger partial charge in [-0.2, -0.15) is 11.8 Å². The number of hydrogen-bond donors (Lipinski definition) is 1. The number of hydrogen-bond acceptors (Lipinski definition) is 6. The molecule has 3 aromatic rings. The molecular formula is C23H26N2O5S2. The monoisotopic (exact) mass is 474 g/mol. The number of furan rings is 1. The third-order valence-corrected chi connectivity index (χ3v) is 6.58. The highest BCUT2D eigenvalue weighted by molar-refractivity contribution is 7.98. The van der Waals surface area contributed by atoms with Gasteiger partial charge in [0, 0.05) is 12.3 Å². The molecule has 2 aromatic carbocycles. The fourth-order valence-corrected chi connectivity index (χ4v) is 4.48. The lowest BCUT2D eigenvalue weighted by Gasteiger charge is -2.22. The summed E-state index contributed by atoms with van der Waals surface area (Å²) in [6.45, 7) is 0.566. The molecule has 1 N–H and O–H groups in total. The molecule has 0 fully saturated rings. The summed E-state index contributed by atoms with van der Waals surface area (Å²) < 4.78 is 36.6. The minimum absolute atomic E-state index is 0.286. The Morgan fingerprint density at radius 2 is 1.81 bits per heavy atom. The van der Waals surface area contributed by atoms with Crippen molar-refractivity contribution in [1.29, 1.82) is 0 Å². The number of carbonyl (C=O) groups is 1. The lowest BCUT2D eigenvalue weighted by molar-refractivity contribution is -0.119. The van der Waals surface area contributed by atoms with Crippen molar-refractivity contribution in [3.8, 4) is 5.75 Å². The maximum atomic E-state index is 12.3. The lowest BCUT2D eigenvalue weighted by Crippen LogP contribution is -2.41. The van der Waals surface area contributed by atoms with Gasteiger partial charge in [-0.1, -0.05) is 30.3 Å². The molecule has 32 heavy (non-hydrogen) atoms. The minimum Gasteiger partial charge on any atom is -0.489 e. The van der Waals surface area contributed by atoms with E-state index in [0.29, 0.717) is 30.3 Å². The summed E-state index contributed by atoms with van der Waals surface area (Å²) in [5, 5.41) is 2.76. The van der Waals surface area contributed by atoms with E-state index in [1.165, 1.54) is 0 Å². The smallest absolute Gasteiger partial charge is 0.240 e. The number of benzene rings is 2. The molecule has 1 aromatic heterocycles. The van der Waals surface area contributed by atoms with Gasteiger partial charge in [0.05, 0.1) is 24.0 Å². The average molecular weight is 475 g/mol. The lowest BCUT2D eigenvalue weighted by atomic mass is 10.2. The van der Waals surface area contributed by atoms with Crippen molar-refractivity contribution in [2.24, 2.45) is 0 Å². The first-order valence-electron chi connectivity index (χ1n) is 10.0. The first-order chi connectivity index (χ1) is 15.4. The van der Waals surface area contributed by atoms with Gasteiger partial charge in [0.25, 0.3) is 0 Å². The van der Waals surface area contributed by atoms with Gasteiger partial charge in [-0.25, -0.2) is 8.42 Å². The van der Waals surface area contributed by atoms with Crippen LogP contribution >= 0.6 is 11.8 Å². The fraction of sp³-hybridized carbons (Fsp3) is 0.261. The van der Waals surface area contributed by atoms with E-state index in [0.717, 1.165) is 27.6 Å². The van der Waals surface area contributed by atoms with Crippen molar-refractivity contribution in [3.63, 3.8) is 0 Å². The summed E-state index contributed by atoms with van der Waals surface area (Å²) in [4.78, 5) is 12.3. The molecule has 0 bridgehead atoms. The molecule has 0 saturated carbocycles. The number of nitrogens with zero attached hydrogens (tertiary/aromatic N) is 1. The van der Waals surface area contributed by atoms with Crippen LogP contribution in [0.2, 0.25) is 0 Å². The SMILES string of the molecule is CS(=O)(=O)N(CC(=O)NCCSCc1ccco1)c1ccc(OCc2ccccc2)cc1. The van der Waals surface area contributed by atoms with Gasteiger partial charge >= 0.3 is 0 Å². The van der Waals surface area contributed by atoms with Gasteiger partial charge in [-0.05, 0) is 42.0 Å². The third kappa shape index (κ3) is 7.65. The number of ether oxygens (including phenoxy) is 1. The van der Waals surface area contributed by atoms with Crippen LogP contribution in [0.5, 0.6) is 5.75 Å². The van der Waals surface area contributed by atoms with Crippen LogP contribution < -0.4 is 14.4 Å². The minimum atomic E-state index is -3.63. The zero-order valence-electron chi connectivity index (χ0n) is 17.8. The van der Waals surface area contributed by atoms with Crippen molar-refractivity contribution in [2.45, 2.75) is 12.4 Å². The molecule has 0 radical (unpaired) electrons. The van der Waals surface area contributed by atoms with Crippen molar-refractivity contribution in [2.75, 3.05) is 29.4 Å². The topological polar surface area (TPSA) is 88.9 Å². The molecule has 1 amide bonds. The summed E-state index contributed by atoms with van der Waals surface area (Å²) in [7, 11) is -3.63. The molecule has 0 unspecified atom stereocenters. The van der Waals surface area contributed by atoms with Gasteiger partial charge in [0.15, 0.2) is 0 Å². The number of rotatable bonds is 12. The standard InChI is InChI=1S/C23H26N2O5S2/c1-32(27,28)25(16-23(26)24-13-15-31-18-22-8-5-14-29-22)20-9-11-21(12-10-20)30-17-19-6-3-2-4-7-19/h2-12,14H,13,15-18H2,1H3,(H,24,26). The van der Waals surface area contributed by atoms with Crippen LogP contribution in [0, 0.1) is 0 Å². The number of amides is 1. The van der Waals surface area contributed by atoms with Crippen molar-refractivity contribution >= 4 is 33.4 Å². The van der Waals surface area contributed by atoms with Crippen LogP contribution in [-0.4, -0.2) is 39.4 Å². The molecule has 3 rings (SSSR count). The first kappa shape index (κ1) is 23.7. The van der Waals surface area contributed by atoms with Crippen LogP contribution in [0.25, 0.3) is 0 Å². The molecule has 0 saturated heterocycles. The molecule has 0 aliphatic rings. The summed E-state index contributed by atoms with van der Waals surface area (Å²) in [5.74, 6) is 2.54. The van der Waals surface area contributed by atoms with Crippen LogP contribution in [0.15, 0.2) is 77.4 Å². The number of thioether (sulfide) groups is 1. The Kier molecular flexibility index (Phi) is 8.64. The third-order valence-electron chi connectivity index (χ3n) is 4.45. The second-order valence-corrected chi connectivity index (χ2v) is 10.0. The van der Waals surface area contributed by atoms with Gasteiger partial charge in [-0.3, -0.25) is 9.10 Å². The zero-order chi connectivity index (χ0) is 22.8. The largest absolute Gasteiger partial charge is 0.489 e. The summed E-state index contributed by atoms with van der Waals surface area (Å²) in [5.41, 5.74) is 1.44. The second-order valence-electron chi connectivity index (χ2n) is 7.02. The zero-order valence-corrected chi connectivity index (χ0v) is 19.4. The quantitative estimate of drug-likeness (QED) is 0.403. The second kappa shape index (κ2) is 11.6. The van der Waals surface area contributed by atoms with E-state index in [2.05, 4.69) is 5.32 Å². The van der Waals surface area contributed by atoms with E-state index in [9.17, 15) is 13.2 Å². The molecular weight excluding hydrogens is 448 g/mol. The Labute approximate surface area is 192 Å². The first-order valence-corrected chi connectivity index (χ1v) is 13.0. The van der Waals surface area contributed by atoms with E-state index in [1.54, 1.807) is 42.3 Å². The predicted molar refractivity (Wildman–Crippen MR) is 127 cm³/mol. The van der Waals surface area contributed by atoms with Gasteiger partial charge in [0.2, 0.25) is 15.9 Å². The normalized spacial score (nSPS) is 11.2. The molecule has 0 aliphatic carbocycles. The number of carbonyl (C=O) groups excluding carboxylic acids is 1. The maximum absolute atomic E-state index is 12.3. The molecule has 0 spiro atoms. The van der Waals surface area contributed by atoms with Crippen LogP contribution in [0.4, 0.5) is 5.69 Å². The Balaban J connectivity index is 1.49. The number of sulfonamides is 1. The fourth-order valence-electron chi connectivity index (χ4n) is 2.87. The molecule has 0 atom stereocenters. The van der Waals surface area contributed by atoms with Gasteiger partial charge in [-0.15, -0.1) is 0 Å². The van der Waals surface area contributed by atoms with Crippen LogP contribution in [0.3, 0.4) is 0 Å². The van der Waals surface area contributed by atoms with E-state index in [4.69, 9.17) is 9.15 Å². The van der Waals surface area contributed by atoms with E-state index < -0.39 is 10.0 Å². The summed E-state index contributed by atoms with van der Waals surface area (Å²) >= 11 is 1.62. The van der Waals surface area contributed by atoms with Crippen molar-refractivity contribution < 1.29 is 22.4 Å². The maximum Gasteiger partial charge on any atom is 0.240 e. The average Bonchev–Trinajstić information content (AvgIpc) is 3.30. The summed E-state index contributed by atoms with van der Waals surface area (Å²) in [6, 6.07) is 20.1. The van der Waals surface area contributed by atoms with Crippen molar-refractivity contribution in [3.05, 3.63) is 84.3 Å². The molecule has 7 nitrogen and oxygen atoms in total. The van der Waals surface area contributed by atoms with Crippen molar-refractivity contribution in [1.82, 2.24) is 5.32 Å². The van der Waals surface area contributed by atoms with E-state index in [1.807, 2.05) is 42.5 Å². The highest BCUT2D eigenvalue weighted by Gasteiger charge is 2.20. The van der Waals surface area contributed by atoms with Crippen LogP contribution in [-0.2, 0) is 27.2 Å². The Morgan fingerprint density at radius 3 is 2.47 bits per heavy atom. The Bertz CT molecular complexity index is 1070. The Hall–Kier alpha value is -2.91. The van der Waals surface area contributed by atoms with E-state index >= 15 is 0 Å². The molecule has 9 heteroatoms. The van der Waals surface area contributed by atoms with Gasteiger partial charge in [0.1, 0.15) is 24.7 Å².